The number of carboxylic acid groups (broad SMARTS) is 1. The Kier molecular flexibility index (Phi) is 5.83. The average Bonchev–Trinajstić information content (AvgIpc) is 2.53. The van der Waals surface area contributed by atoms with Crippen LogP contribution >= 0.6 is 11.8 Å². The highest BCUT2D eigenvalue weighted by Gasteiger charge is 2.21. The second-order valence-corrected chi connectivity index (χ2v) is 6.27. The van der Waals surface area contributed by atoms with Crippen LogP contribution in [-0.2, 0) is 4.79 Å². The highest BCUT2D eigenvalue weighted by Crippen LogP contribution is 2.18. The lowest BCUT2D eigenvalue weighted by Gasteiger charge is -2.15. The van der Waals surface area contributed by atoms with Crippen molar-refractivity contribution in [2.24, 2.45) is 0 Å². The lowest BCUT2D eigenvalue weighted by atomic mass is 10.0. The van der Waals surface area contributed by atoms with Gasteiger partial charge in [-0.15, -0.1) is 0 Å². The molecule has 5 heteroatoms. The van der Waals surface area contributed by atoms with Crippen LogP contribution in [0.5, 0.6) is 0 Å². The summed E-state index contributed by atoms with van der Waals surface area (Å²) in [4.78, 5) is 23.7. The molecule has 0 aliphatic carbocycles. The van der Waals surface area contributed by atoms with Gasteiger partial charge in [0.25, 0.3) is 5.91 Å². The van der Waals surface area contributed by atoms with E-state index in [1.54, 1.807) is 23.9 Å². The molecule has 0 heterocycles. The van der Waals surface area contributed by atoms with Crippen LogP contribution in [0, 0.1) is 0 Å². The van der Waals surface area contributed by atoms with Crippen LogP contribution in [0.4, 0.5) is 0 Å². The van der Waals surface area contributed by atoms with Crippen molar-refractivity contribution in [3.8, 4) is 0 Å². The lowest BCUT2D eigenvalue weighted by molar-refractivity contribution is -0.139. The maximum Gasteiger partial charge on any atom is 0.326 e. The van der Waals surface area contributed by atoms with Crippen molar-refractivity contribution < 1.29 is 14.7 Å². The van der Waals surface area contributed by atoms with Crippen LogP contribution in [0.1, 0.15) is 23.7 Å². The highest BCUT2D eigenvalue weighted by atomic mass is 32.2. The summed E-state index contributed by atoms with van der Waals surface area (Å²) in [6.45, 7) is 2.02. The molecule has 2 N–H and O–H groups in total. The third-order valence-corrected chi connectivity index (χ3v) is 4.33. The Balaban J connectivity index is 2.16. The number of thioether (sulfide) groups is 1. The minimum absolute atomic E-state index is 0.342. The lowest BCUT2D eigenvalue weighted by Crippen LogP contribution is -2.41. The van der Waals surface area contributed by atoms with Crippen LogP contribution in [0.25, 0.3) is 10.8 Å². The predicted molar refractivity (Wildman–Crippen MR) is 90.5 cm³/mol. The van der Waals surface area contributed by atoms with Crippen LogP contribution in [-0.4, -0.2) is 34.5 Å². The molecule has 0 aliphatic rings. The van der Waals surface area contributed by atoms with Crippen LogP contribution in [0.15, 0.2) is 42.5 Å². The van der Waals surface area contributed by atoms with Gasteiger partial charge in [0.2, 0.25) is 0 Å². The van der Waals surface area contributed by atoms with Crippen LogP contribution in [0.2, 0.25) is 0 Å². The van der Waals surface area contributed by atoms with E-state index in [9.17, 15) is 14.7 Å². The van der Waals surface area contributed by atoms with Gasteiger partial charge in [0, 0.05) is 5.56 Å². The van der Waals surface area contributed by atoms with Gasteiger partial charge in [-0.3, -0.25) is 4.79 Å². The van der Waals surface area contributed by atoms with Crippen molar-refractivity contribution in [3.05, 3.63) is 48.0 Å². The summed E-state index contributed by atoms with van der Waals surface area (Å²) in [5, 5.41) is 13.7. The van der Waals surface area contributed by atoms with Gasteiger partial charge in [0.05, 0.1) is 0 Å². The number of hydrogen-bond acceptors (Lipinski definition) is 3. The number of carboxylic acids is 1. The van der Waals surface area contributed by atoms with E-state index in [1.807, 2.05) is 37.3 Å². The van der Waals surface area contributed by atoms with Crippen molar-refractivity contribution >= 4 is 34.4 Å². The Morgan fingerprint density at radius 2 is 1.91 bits per heavy atom. The van der Waals surface area contributed by atoms with Crippen LogP contribution in [0.3, 0.4) is 0 Å². The monoisotopic (exact) mass is 317 g/mol. The number of carbonyl (C=O) groups excluding carboxylic acids is 1. The fourth-order valence-electron chi connectivity index (χ4n) is 2.26. The van der Waals surface area contributed by atoms with Gasteiger partial charge in [-0.1, -0.05) is 43.3 Å². The van der Waals surface area contributed by atoms with Gasteiger partial charge < -0.3 is 10.4 Å². The number of carbonyl (C=O) groups is 2. The zero-order valence-electron chi connectivity index (χ0n) is 12.4. The maximum absolute atomic E-state index is 12.4. The maximum atomic E-state index is 12.4. The average molecular weight is 317 g/mol. The number of nitrogens with one attached hydrogen (secondary N) is 1. The summed E-state index contributed by atoms with van der Waals surface area (Å²) in [7, 11) is 0. The summed E-state index contributed by atoms with van der Waals surface area (Å²) >= 11 is 1.66. The fraction of sp³-hybridized carbons (Fsp3) is 0.294. The number of rotatable bonds is 7. The van der Waals surface area contributed by atoms with Crippen molar-refractivity contribution in [3.63, 3.8) is 0 Å². The molecule has 4 nitrogen and oxygen atoms in total. The van der Waals surface area contributed by atoms with Crippen LogP contribution < -0.4 is 5.32 Å². The molecule has 116 valence electrons. The van der Waals surface area contributed by atoms with E-state index in [-0.39, 0.29) is 5.91 Å². The van der Waals surface area contributed by atoms with E-state index in [1.165, 1.54) is 0 Å². The van der Waals surface area contributed by atoms with E-state index in [0.717, 1.165) is 16.5 Å². The number of aliphatic carboxylic acids is 1. The van der Waals surface area contributed by atoms with E-state index >= 15 is 0 Å². The zero-order valence-corrected chi connectivity index (χ0v) is 13.2. The molecule has 1 atom stereocenters. The van der Waals surface area contributed by atoms with Gasteiger partial charge in [-0.25, -0.2) is 4.79 Å². The SMILES string of the molecule is CCSCCC(NC(=O)c1cccc2ccccc12)C(=O)O. The Morgan fingerprint density at radius 1 is 1.18 bits per heavy atom. The van der Waals surface area contributed by atoms with E-state index < -0.39 is 12.0 Å². The molecule has 2 aromatic carbocycles. The zero-order chi connectivity index (χ0) is 15.9. The summed E-state index contributed by atoms with van der Waals surface area (Å²) in [5.74, 6) is 0.309. The first-order valence-corrected chi connectivity index (χ1v) is 8.38. The molecule has 2 rings (SSSR count). The molecule has 1 unspecified atom stereocenters. The smallest absolute Gasteiger partial charge is 0.326 e. The van der Waals surface area contributed by atoms with E-state index in [2.05, 4.69) is 5.32 Å². The molecule has 0 spiro atoms. The molecule has 2 aromatic rings. The fourth-order valence-corrected chi connectivity index (χ4v) is 2.95. The minimum atomic E-state index is -0.995. The molecule has 0 aliphatic heterocycles. The standard InChI is InChI=1S/C17H19NO3S/c1-2-22-11-10-15(17(20)21)18-16(19)14-9-5-7-12-6-3-4-8-13(12)14/h3-9,15H,2,10-11H2,1H3,(H,18,19)(H,20,21). The predicted octanol–water partition coefficient (Wildman–Crippen LogP) is 3.17. The molecule has 0 aromatic heterocycles. The first kappa shape index (κ1) is 16.4. The molecule has 0 radical (unpaired) electrons. The summed E-state index contributed by atoms with van der Waals surface area (Å²) in [5.41, 5.74) is 0.507. The Morgan fingerprint density at radius 3 is 2.64 bits per heavy atom. The molecule has 0 bridgehead atoms. The van der Waals surface area contributed by atoms with E-state index in [0.29, 0.717) is 17.7 Å². The number of hydrogen-bond donors (Lipinski definition) is 2. The van der Waals surface area contributed by atoms with Gasteiger partial charge in [0.1, 0.15) is 6.04 Å². The normalized spacial score (nSPS) is 12.0. The van der Waals surface area contributed by atoms with Gasteiger partial charge in [-0.05, 0) is 34.8 Å². The summed E-state index contributed by atoms with van der Waals surface area (Å²) in [6, 6.07) is 12.2. The van der Waals surface area contributed by atoms with E-state index in [4.69, 9.17) is 0 Å². The summed E-state index contributed by atoms with van der Waals surface area (Å²) < 4.78 is 0. The third-order valence-electron chi connectivity index (χ3n) is 3.39. The molecule has 0 fully saturated rings. The Hall–Kier alpha value is -2.01. The number of benzene rings is 2. The third kappa shape index (κ3) is 4.01. The highest BCUT2D eigenvalue weighted by molar-refractivity contribution is 7.99. The number of amides is 1. The minimum Gasteiger partial charge on any atom is -0.480 e. The molecule has 1 amide bonds. The number of fused-ring (bicyclic) bond motifs is 1. The van der Waals surface area contributed by atoms with Gasteiger partial charge in [-0.2, -0.15) is 11.8 Å². The first-order valence-electron chi connectivity index (χ1n) is 7.22. The Bertz CT molecular complexity index is 667. The Labute approximate surface area is 133 Å². The van der Waals surface area contributed by atoms with Gasteiger partial charge >= 0.3 is 5.97 Å². The summed E-state index contributed by atoms with van der Waals surface area (Å²) in [6.07, 6.45) is 0.421. The largest absolute Gasteiger partial charge is 0.480 e. The second kappa shape index (κ2) is 7.84. The molecule has 22 heavy (non-hydrogen) atoms. The van der Waals surface area contributed by atoms with Crippen molar-refractivity contribution in [1.82, 2.24) is 5.32 Å². The van der Waals surface area contributed by atoms with Crippen molar-refractivity contribution in [2.75, 3.05) is 11.5 Å². The molecular formula is C17H19NO3S. The van der Waals surface area contributed by atoms with Crippen molar-refractivity contribution in [2.45, 2.75) is 19.4 Å². The quantitative estimate of drug-likeness (QED) is 0.770. The molecular weight excluding hydrogens is 298 g/mol. The topological polar surface area (TPSA) is 66.4 Å². The molecule has 0 saturated carbocycles. The van der Waals surface area contributed by atoms with Crippen molar-refractivity contribution in [1.29, 1.82) is 0 Å². The van der Waals surface area contributed by atoms with Gasteiger partial charge in [0.15, 0.2) is 0 Å². The second-order valence-electron chi connectivity index (χ2n) is 4.88. The first-order chi connectivity index (χ1) is 10.6. The molecule has 0 saturated heterocycles.